The van der Waals surface area contributed by atoms with Gasteiger partial charge in [-0.3, -0.25) is 0 Å². The molecular formula is C9H10ClFO3. The van der Waals surface area contributed by atoms with Crippen LogP contribution < -0.4 is 4.74 Å². The van der Waals surface area contributed by atoms with E-state index in [-0.39, 0.29) is 16.3 Å². The number of hydrogen-bond donors (Lipinski definition) is 2. The van der Waals surface area contributed by atoms with Crippen LogP contribution >= 0.6 is 11.6 Å². The van der Waals surface area contributed by atoms with Gasteiger partial charge in [-0.2, -0.15) is 0 Å². The number of ether oxygens (including phenoxy) is 1. The number of halogens is 2. The molecule has 14 heavy (non-hydrogen) atoms. The molecule has 0 atom stereocenters. The number of aliphatic hydroxyl groups is 1. The van der Waals surface area contributed by atoms with Crippen LogP contribution in [0, 0.1) is 5.82 Å². The van der Waals surface area contributed by atoms with Gasteiger partial charge in [0.1, 0.15) is 5.75 Å². The Balaban J connectivity index is 3.27. The maximum absolute atomic E-state index is 13.1. The summed E-state index contributed by atoms with van der Waals surface area (Å²) >= 11 is 5.73. The van der Waals surface area contributed by atoms with Gasteiger partial charge in [-0.25, -0.2) is 4.39 Å². The van der Waals surface area contributed by atoms with Crippen molar-refractivity contribution in [1.29, 1.82) is 0 Å². The number of aliphatic hydroxyl groups excluding tert-OH is 1. The lowest BCUT2D eigenvalue weighted by molar-refractivity contribution is 0.270. The van der Waals surface area contributed by atoms with Gasteiger partial charge in [-0.15, -0.1) is 0 Å². The summed E-state index contributed by atoms with van der Waals surface area (Å²) in [7, 11) is 0. The van der Waals surface area contributed by atoms with E-state index in [2.05, 4.69) is 0 Å². The average molecular weight is 221 g/mol. The second kappa shape index (κ2) is 4.48. The lowest BCUT2D eigenvalue weighted by Gasteiger charge is -2.10. The minimum absolute atomic E-state index is 0.00958. The van der Waals surface area contributed by atoms with Crippen LogP contribution in [0.1, 0.15) is 12.5 Å². The number of phenolic OH excluding ortho intramolecular Hbond substituents is 1. The Hall–Kier alpha value is -1.00. The first-order chi connectivity index (χ1) is 6.61. The number of benzene rings is 1. The van der Waals surface area contributed by atoms with Crippen LogP contribution in [0.2, 0.25) is 5.02 Å². The minimum atomic E-state index is -0.916. The summed E-state index contributed by atoms with van der Waals surface area (Å²) in [6.45, 7) is 1.49. The lowest BCUT2D eigenvalue weighted by Crippen LogP contribution is -1.98. The second-order valence-electron chi connectivity index (χ2n) is 2.59. The van der Waals surface area contributed by atoms with E-state index in [1.807, 2.05) is 0 Å². The molecule has 0 saturated heterocycles. The molecule has 2 N–H and O–H groups in total. The third-order valence-electron chi connectivity index (χ3n) is 1.70. The SMILES string of the molecule is CCOc1cc(O)c(F)c(CO)c1Cl. The maximum Gasteiger partial charge on any atom is 0.172 e. The van der Waals surface area contributed by atoms with Crippen molar-refractivity contribution in [3.8, 4) is 11.5 Å². The van der Waals surface area contributed by atoms with Crippen molar-refractivity contribution in [2.75, 3.05) is 6.61 Å². The van der Waals surface area contributed by atoms with Crippen LogP contribution in [0.5, 0.6) is 11.5 Å². The standard InChI is InChI=1S/C9H10ClFO3/c1-2-14-7-3-6(13)9(11)5(4-12)8(7)10/h3,12-13H,2,4H2,1H3. The number of hydrogen-bond acceptors (Lipinski definition) is 3. The topological polar surface area (TPSA) is 49.7 Å². The molecule has 0 fully saturated rings. The van der Waals surface area contributed by atoms with Gasteiger partial charge >= 0.3 is 0 Å². The van der Waals surface area contributed by atoms with Gasteiger partial charge in [0.2, 0.25) is 0 Å². The molecule has 0 aliphatic rings. The van der Waals surface area contributed by atoms with E-state index in [4.69, 9.17) is 26.6 Å². The minimum Gasteiger partial charge on any atom is -0.505 e. The van der Waals surface area contributed by atoms with Crippen LogP contribution in [0.25, 0.3) is 0 Å². The Kier molecular flexibility index (Phi) is 3.55. The van der Waals surface area contributed by atoms with Crippen molar-refractivity contribution in [3.63, 3.8) is 0 Å². The van der Waals surface area contributed by atoms with Gasteiger partial charge in [0.05, 0.1) is 18.2 Å². The predicted octanol–water partition coefficient (Wildman–Crippen LogP) is 2.08. The fourth-order valence-corrected chi connectivity index (χ4v) is 1.30. The highest BCUT2D eigenvalue weighted by molar-refractivity contribution is 6.32. The molecule has 0 heterocycles. The zero-order valence-electron chi connectivity index (χ0n) is 7.55. The molecule has 0 radical (unpaired) electrons. The molecule has 0 unspecified atom stereocenters. The molecule has 1 rings (SSSR count). The molecule has 5 heteroatoms. The average Bonchev–Trinajstić information content (AvgIpc) is 2.16. The summed E-state index contributed by atoms with van der Waals surface area (Å²) < 4.78 is 18.2. The largest absolute Gasteiger partial charge is 0.505 e. The quantitative estimate of drug-likeness (QED) is 0.820. The van der Waals surface area contributed by atoms with Gasteiger partial charge in [-0.1, -0.05) is 11.6 Å². The van der Waals surface area contributed by atoms with Gasteiger partial charge in [0.25, 0.3) is 0 Å². The summed E-state index contributed by atoms with van der Waals surface area (Å²) in [6.07, 6.45) is 0. The summed E-state index contributed by atoms with van der Waals surface area (Å²) in [5.74, 6) is -1.33. The van der Waals surface area contributed by atoms with E-state index in [0.717, 1.165) is 6.07 Å². The first kappa shape index (κ1) is 11.1. The zero-order chi connectivity index (χ0) is 10.7. The summed E-state index contributed by atoms with van der Waals surface area (Å²) in [6, 6.07) is 1.08. The highest BCUT2D eigenvalue weighted by Crippen LogP contribution is 2.35. The molecule has 0 aliphatic heterocycles. The van der Waals surface area contributed by atoms with Crippen molar-refractivity contribution in [3.05, 3.63) is 22.5 Å². The van der Waals surface area contributed by atoms with E-state index in [9.17, 15) is 4.39 Å². The molecule has 0 aromatic heterocycles. The molecule has 78 valence electrons. The summed E-state index contributed by atoms with van der Waals surface area (Å²) in [4.78, 5) is 0. The van der Waals surface area contributed by atoms with Gasteiger partial charge < -0.3 is 14.9 Å². The molecule has 1 aromatic rings. The monoisotopic (exact) mass is 220 g/mol. The lowest BCUT2D eigenvalue weighted by atomic mass is 10.2. The molecule has 0 spiro atoms. The van der Waals surface area contributed by atoms with Crippen molar-refractivity contribution in [2.24, 2.45) is 0 Å². The molecule has 0 aliphatic carbocycles. The van der Waals surface area contributed by atoms with E-state index in [1.165, 1.54) is 0 Å². The second-order valence-corrected chi connectivity index (χ2v) is 2.97. The number of aromatic hydroxyl groups is 1. The highest BCUT2D eigenvalue weighted by Gasteiger charge is 2.16. The first-order valence-corrected chi connectivity index (χ1v) is 4.43. The third kappa shape index (κ3) is 1.91. The maximum atomic E-state index is 13.1. The molecule has 0 amide bonds. The van der Waals surface area contributed by atoms with E-state index < -0.39 is 18.2 Å². The molecular weight excluding hydrogens is 211 g/mol. The first-order valence-electron chi connectivity index (χ1n) is 4.05. The van der Waals surface area contributed by atoms with Gasteiger partial charge in [0, 0.05) is 11.6 Å². The summed E-state index contributed by atoms with van der Waals surface area (Å²) in [5, 5.41) is 18.0. The van der Waals surface area contributed by atoms with Crippen molar-refractivity contribution < 1.29 is 19.3 Å². The Morgan fingerprint density at radius 3 is 2.71 bits per heavy atom. The van der Waals surface area contributed by atoms with Crippen LogP contribution in [0.3, 0.4) is 0 Å². The Bertz CT molecular complexity index is 341. The predicted molar refractivity (Wildman–Crippen MR) is 50.2 cm³/mol. The normalized spacial score (nSPS) is 10.3. The smallest absolute Gasteiger partial charge is 0.172 e. The van der Waals surface area contributed by atoms with Gasteiger partial charge in [0.15, 0.2) is 11.6 Å². The highest BCUT2D eigenvalue weighted by atomic mass is 35.5. The fraction of sp³-hybridized carbons (Fsp3) is 0.333. The Morgan fingerprint density at radius 2 is 2.21 bits per heavy atom. The molecule has 0 saturated carbocycles. The van der Waals surface area contributed by atoms with Crippen LogP contribution in [0.15, 0.2) is 6.07 Å². The van der Waals surface area contributed by atoms with E-state index in [0.29, 0.717) is 6.61 Å². The van der Waals surface area contributed by atoms with Crippen molar-refractivity contribution in [2.45, 2.75) is 13.5 Å². The van der Waals surface area contributed by atoms with E-state index >= 15 is 0 Å². The molecule has 0 bridgehead atoms. The Labute approximate surface area is 85.7 Å². The summed E-state index contributed by atoms with van der Waals surface area (Å²) in [5.41, 5.74) is -0.157. The molecule has 1 aromatic carbocycles. The molecule has 3 nitrogen and oxygen atoms in total. The third-order valence-corrected chi connectivity index (χ3v) is 2.11. The Morgan fingerprint density at radius 1 is 1.57 bits per heavy atom. The van der Waals surface area contributed by atoms with Crippen LogP contribution in [0.4, 0.5) is 4.39 Å². The van der Waals surface area contributed by atoms with Crippen LogP contribution in [-0.4, -0.2) is 16.8 Å². The van der Waals surface area contributed by atoms with E-state index in [1.54, 1.807) is 6.92 Å². The zero-order valence-corrected chi connectivity index (χ0v) is 8.31. The van der Waals surface area contributed by atoms with Crippen molar-refractivity contribution >= 4 is 11.6 Å². The number of phenols is 1. The number of rotatable bonds is 3. The fourth-order valence-electron chi connectivity index (χ4n) is 1.05. The van der Waals surface area contributed by atoms with Crippen LogP contribution in [-0.2, 0) is 6.61 Å². The van der Waals surface area contributed by atoms with Crippen molar-refractivity contribution in [1.82, 2.24) is 0 Å². The van der Waals surface area contributed by atoms with Gasteiger partial charge in [-0.05, 0) is 6.92 Å².